The second kappa shape index (κ2) is 4.06. The van der Waals surface area contributed by atoms with Crippen LogP contribution in [0, 0.1) is 5.82 Å². The van der Waals surface area contributed by atoms with Crippen molar-refractivity contribution in [3.05, 3.63) is 23.5 Å². The first-order valence-electron chi connectivity index (χ1n) is 4.68. The van der Waals surface area contributed by atoms with Gasteiger partial charge < -0.3 is 15.6 Å². The van der Waals surface area contributed by atoms with Crippen molar-refractivity contribution in [2.75, 3.05) is 7.11 Å². The fraction of sp³-hybridized carbons (Fsp3) is 0.455. The molecule has 0 bridgehead atoms. The minimum atomic E-state index is -0.689. The van der Waals surface area contributed by atoms with Gasteiger partial charge in [0.05, 0.1) is 7.11 Å². The maximum absolute atomic E-state index is 13.0. The Labute approximate surface area is 88.7 Å². The van der Waals surface area contributed by atoms with Crippen molar-refractivity contribution in [1.29, 1.82) is 0 Å². The summed E-state index contributed by atoms with van der Waals surface area (Å²) in [4.78, 5) is 0. The molecule has 1 aromatic carbocycles. The Bertz CT molecular complexity index is 358. The van der Waals surface area contributed by atoms with Crippen LogP contribution in [0.5, 0.6) is 11.5 Å². The zero-order chi connectivity index (χ0) is 11.6. The summed E-state index contributed by atoms with van der Waals surface area (Å²) in [5.41, 5.74) is 6.11. The van der Waals surface area contributed by atoms with Crippen LogP contribution in [-0.2, 0) is 6.42 Å². The number of rotatable bonds is 3. The maximum Gasteiger partial charge on any atom is 0.194 e. The second-order valence-electron chi connectivity index (χ2n) is 4.25. The third kappa shape index (κ3) is 2.83. The van der Waals surface area contributed by atoms with Gasteiger partial charge in [0.25, 0.3) is 0 Å². The van der Waals surface area contributed by atoms with E-state index in [1.165, 1.54) is 13.2 Å². The van der Waals surface area contributed by atoms with Gasteiger partial charge in [0.1, 0.15) is 0 Å². The van der Waals surface area contributed by atoms with Crippen LogP contribution in [0.15, 0.2) is 12.1 Å². The number of ether oxygens (including phenoxy) is 1. The van der Waals surface area contributed by atoms with E-state index < -0.39 is 17.1 Å². The number of phenols is 1. The lowest BCUT2D eigenvalue weighted by Crippen LogP contribution is -2.34. The summed E-state index contributed by atoms with van der Waals surface area (Å²) < 4.78 is 18.0. The topological polar surface area (TPSA) is 55.5 Å². The van der Waals surface area contributed by atoms with Crippen LogP contribution < -0.4 is 10.5 Å². The summed E-state index contributed by atoms with van der Waals surface area (Å²) in [6.45, 7) is 3.71. The summed E-state index contributed by atoms with van der Waals surface area (Å²) in [6.07, 6.45) is 0.504. The summed E-state index contributed by atoms with van der Waals surface area (Å²) in [6, 6.07) is 2.78. The van der Waals surface area contributed by atoms with E-state index in [2.05, 4.69) is 0 Å². The van der Waals surface area contributed by atoms with Crippen LogP contribution in [0.2, 0.25) is 0 Å². The van der Waals surface area contributed by atoms with Crippen LogP contribution in [0.4, 0.5) is 4.39 Å². The van der Waals surface area contributed by atoms with Gasteiger partial charge in [0.2, 0.25) is 0 Å². The number of halogens is 1. The molecular formula is C11H16FNO2. The van der Waals surface area contributed by atoms with Crippen molar-refractivity contribution >= 4 is 0 Å². The number of phenolic OH excluding ortho intramolecular Hbond substituents is 1. The second-order valence-corrected chi connectivity index (χ2v) is 4.25. The van der Waals surface area contributed by atoms with E-state index in [1.54, 1.807) is 6.07 Å². The SMILES string of the molecule is COc1c(CC(C)(C)N)ccc(F)c1O. The standard InChI is InChI=1S/C11H16FNO2/c1-11(2,13)6-7-4-5-8(12)9(14)10(7)15-3/h4-5,14H,6,13H2,1-3H3. The molecular weight excluding hydrogens is 197 g/mol. The number of methoxy groups -OCH3 is 1. The highest BCUT2D eigenvalue weighted by molar-refractivity contribution is 5.47. The van der Waals surface area contributed by atoms with Crippen molar-refractivity contribution in [1.82, 2.24) is 0 Å². The van der Waals surface area contributed by atoms with Crippen LogP contribution in [0.3, 0.4) is 0 Å². The third-order valence-electron chi connectivity index (χ3n) is 2.01. The number of aromatic hydroxyl groups is 1. The van der Waals surface area contributed by atoms with Crippen LogP contribution in [0.25, 0.3) is 0 Å². The molecule has 0 saturated heterocycles. The fourth-order valence-corrected chi connectivity index (χ4v) is 1.45. The molecule has 0 spiro atoms. The Morgan fingerprint density at radius 1 is 1.47 bits per heavy atom. The molecule has 0 aliphatic carbocycles. The number of hydrogen-bond donors (Lipinski definition) is 2. The largest absolute Gasteiger partial charge is 0.502 e. The van der Waals surface area contributed by atoms with Crippen molar-refractivity contribution in [2.24, 2.45) is 5.73 Å². The molecule has 0 saturated carbocycles. The molecule has 0 amide bonds. The van der Waals surface area contributed by atoms with Gasteiger partial charge in [-0.3, -0.25) is 0 Å². The average molecular weight is 213 g/mol. The van der Waals surface area contributed by atoms with Gasteiger partial charge in [-0.15, -0.1) is 0 Å². The van der Waals surface area contributed by atoms with Gasteiger partial charge in [0.15, 0.2) is 17.3 Å². The first-order valence-corrected chi connectivity index (χ1v) is 4.68. The lowest BCUT2D eigenvalue weighted by molar-refractivity contribution is 0.350. The zero-order valence-electron chi connectivity index (χ0n) is 9.17. The number of benzene rings is 1. The van der Waals surface area contributed by atoms with Gasteiger partial charge in [-0.25, -0.2) is 4.39 Å². The van der Waals surface area contributed by atoms with E-state index in [0.717, 1.165) is 0 Å². The first-order chi connectivity index (χ1) is 6.85. The van der Waals surface area contributed by atoms with Gasteiger partial charge in [-0.2, -0.15) is 0 Å². The molecule has 15 heavy (non-hydrogen) atoms. The van der Waals surface area contributed by atoms with E-state index in [1.807, 2.05) is 13.8 Å². The lowest BCUT2D eigenvalue weighted by Gasteiger charge is -2.20. The van der Waals surface area contributed by atoms with Crippen molar-refractivity contribution in [2.45, 2.75) is 25.8 Å². The molecule has 0 aliphatic rings. The van der Waals surface area contributed by atoms with Gasteiger partial charge >= 0.3 is 0 Å². The van der Waals surface area contributed by atoms with E-state index in [9.17, 15) is 9.50 Å². The van der Waals surface area contributed by atoms with Gasteiger partial charge in [0, 0.05) is 5.54 Å². The van der Waals surface area contributed by atoms with Gasteiger partial charge in [-0.05, 0) is 31.9 Å². The van der Waals surface area contributed by atoms with Gasteiger partial charge in [-0.1, -0.05) is 6.07 Å². The predicted molar refractivity (Wildman–Crippen MR) is 56.6 cm³/mol. The zero-order valence-corrected chi connectivity index (χ0v) is 9.17. The average Bonchev–Trinajstić information content (AvgIpc) is 2.10. The minimum Gasteiger partial charge on any atom is -0.502 e. The lowest BCUT2D eigenvalue weighted by atomic mass is 9.95. The molecule has 0 aromatic heterocycles. The molecule has 1 rings (SSSR count). The first kappa shape index (κ1) is 11.8. The third-order valence-corrected chi connectivity index (χ3v) is 2.01. The number of hydrogen-bond acceptors (Lipinski definition) is 3. The van der Waals surface area contributed by atoms with Crippen LogP contribution in [-0.4, -0.2) is 17.8 Å². The Kier molecular flexibility index (Phi) is 3.19. The summed E-state index contributed by atoms with van der Waals surface area (Å²) in [7, 11) is 1.39. The molecule has 0 heterocycles. The molecule has 0 atom stereocenters. The smallest absolute Gasteiger partial charge is 0.194 e. The quantitative estimate of drug-likeness (QED) is 0.805. The van der Waals surface area contributed by atoms with Crippen molar-refractivity contribution < 1.29 is 14.2 Å². The van der Waals surface area contributed by atoms with E-state index in [4.69, 9.17) is 10.5 Å². The molecule has 0 radical (unpaired) electrons. The molecule has 0 aliphatic heterocycles. The highest BCUT2D eigenvalue weighted by Crippen LogP contribution is 2.34. The van der Waals surface area contributed by atoms with E-state index in [0.29, 0.717) is 12.0 Å². The maximum atomic E-state index is 13.0. The monoisotopic (exact) mass is 213 g/mol. The molecule has 84 valence electrons. The van der Waals surface area contributed by atoms with Crippen molar-refractivity contribution in [3.63, 3.8) is 0 Å². The minimum absolute atomic E-state index is 0.161. The Balaban J connectivity index is 3.14. The molecule has 3 nitrogen and oxygen atoms in total. The Morgan fingerprint density at radius 3 is 2.53 bits per heavy atom. The summed E-state index contributed by atoms with van der Waals surface area (Å²) >= 11 is 0. The molecule has 1 aromatic rings. The summed E-state index contributed by atoms with van der Waals surface area (Å²) in [5, 5.41) is 9.43. The van der Waals surface area contributed by atoms with Crippen LogP contribution in [0.1, 0.15) is 19.4 Å². The normalized spacial score (nSPS) is 11.5. The fourth-order valence-electron chi connectivity index (χ4n) is 1.45. The van der Waals surface area contributed by atoms with E-state index in [-0.39, 0.29) is 5.75 Å². The van der Waals surface area contributed by atoms with Crippen LogP contribution >= 0.6 is 0 Å². The predicted octanol–water partition coefficient (Wildman–Crippen LogP) is 1.82. The molecule has 4 heteroatoms. The molecule has 0 fully saturated rings. The highest BCUT2D eigenvalue weighted by atomic mass is 19.1. The Morgan fingerprint density at radius 2 is 2.07 bits per heavy atom. The Hall–Kier alpha value is -1.29. The summed E-state index contributed by atoms with van der Waals surface area (Å²) in [5.74, 6) is -0.988. The molecule has 0 unspecified atom stereocenters. The van der Waals surface area contributed by atoms with E-state index >= 15 is 0 Å². The highest BCUT2D eigenvalue weighted by Gasteiger charge is 2.19. The van der Waals surface area contributed by atoms with Crippen molar-refractivity contribution in [3.8, 4) is 11.5 Å². The molecule has 3 N–H and O–H groups in total. The number of nitrogens with two attached hydrogens (primary N) is 1.